The third-order valence-corrected chi connectivity index (χ3v) is 10.9. The van der Waals surface area contributed by atoms with Gasteiger partial charge in [-0.3, -0.25) is 24.0 Å². The normalized spacial score (nSPS) is 48.0. The predicted octanol–water partition coefficient (Wildman–Crippen LogP) is 2.17. The highest BCUT2D eigenvalue weighted by Gasteiger charge is 2.80. The minimum Gasteiger partial charge on any atom is -0.469 e. The molecule has 7 rings (SSSR count). The number of ketones is 3. The Morgan fingerprint density at radius 2 is 1.75 bits per heavy atom. The first-order valence-corrected chi connectivity index (χ1v) is 14.1. The Labute approximate surface area is 231 Å². The summed E-state index contributed by atoms with van der Waals surface area (Å²) in [5.74, 6) is -5.82. The van der Waals surface area contributed by atoms with Gasteiger partial charge < -0.3 is 23.7 Å². The molecule has 0 aromatic heterocycles. The fourth-order valence-electron chi connectivity index (χ4n) is 9.19. The van der Waals surface area contributed by atoms with Crippen molar-refractivity contribution in [3.8, 4) is 0 Å². The molecule has 7 aliphatic rings. The Bertz CT molecular complexity index is 1370. The standard InChI is InChI=1S/C30H34O10/c1-12-19-22-21(13(2)26(35)37-22)39-30-23(19)28(5,24(12)33)7-8-29(40-30)11-14-17(10-18(32)36-6)38-27(3,4)20(14)16(31)9-15(29)25(30)34/h9,12-13,17,19,21-23H,7-8,10-11H2,1-6H3/t12-,13-,17+,19+,21+,22+,23-,28-,29-,30-/m0/s1. The summed E-state index contributed by atoms with van der Waals surface area (Å²) in [4.78, 5) is 67.4. The highest BCUT2D eigenvalue weighted by molar-refractivity contribution is 6.16. The molecule has 0 N–H and O–H groups in total. The summed E-state index contributed by atoms with van der Waals surface area (Å²) in [5.41, 5.74) is -1.97. The van der Waals surface area contributed by atoms with Gasteiger partial charge in [-0.25, -0.2) is 0 Å². The van der Waals surface area contributed by atoms with Gasteiger partial charge in [-0.2, -0.15) is 0 Å². The van der Waals surface area contributed by atoms with Crippen LogP contribution in [-0.4, -0.2) is 71.7 Å². The van der Waals surface area contributed by atoms with E-state index in [0.29, 0.717) is 24.0 Å². The number of hydrogen-bond acceptors (Lipinski definition) is 10. The van der Waals surface area contributed by atoms with Gasteiger partial charge in [0.15, 0.2) is 5.78 Å². The minimum atomic E-state index is -1.84. The number of fused-ring (bicyclic) bond motifs is 2. The molecule has 4 saturated heterocycles. The third kappa shape index (κ3) is 2.92. The SMILES string of the molecule is COC(=O)C[C@H]1OC(C)(C)C2=C1C[C@]13CC[C@]4(C)C(=O)[C@@H](C)[C@@H]5[C@H]6OC(=O)[C@@H](C)[C@H]6O[C@@](O1)(C(=O)C3=CC2=O)[C@@H]54. The maximum Gasteiger partial charge on any atom is 0.311 e. The van der Waals surface area contributed by atoms with Gasteiger partial charge in [-0.15, -0.1) is 0 Å². The van der Waals surface area contributed by atoms with Crippen LogP contribution in [0.5, 0.6) is 0 Å². The first-order valence-electron chi connectivity index (χ1n) is 14.1. The lowest BCUT2D eigenvalue weighted by Gasteiger charge is -2.49. The fraction of sp³-hybridized carbons (Fsp3) is 0.700. The largest absolute Gasteiger partial charge is 0.469 e. The number of allylic oxidation sites excluding steroid dienone is 1. The van der Waals surface area contributed by atoms with E-state index in [1.165, 1.54) is 13.2 Å². The van der Waals surface area contributed by atoms with E-state index in [0.717, 1.165) is 0 Å². The third-order valence-electron chi connectivity index (χ3n) is 10.9. The Morgan fingerprint density at radius 3 is 2.45 bits per heavy atom. The van der Waals surface area contributed by atoms with E-state index in [4.69, 9.17) is 23.7 Å². The predicted molar refractivity (Wildman–Crippen MR) is 134 cm³/mol. The second-order valence-electron chi connectivity index (χ2n) is 13.4. The van der Waals surface area contributed by atoms with Crippen molar-refractivity contribution in [1.29, 1.82) is 0 Å². The molecule has 10 heteroatoms. The lowest BCUT2D eigenvalue weighted by molar-refractivity contribution is -0.326. The summed E-state index contributed by atoms with van der Waals surface area (Å²) in [6.07, 6.45) is -0.0514. The fourth-order valence-corrected chi connectivity index (χ4v) is 9.19. The van der Waals surface area contributed by atoms with Crippen LogP contribution >= 0.6 is 0 Å². The van der Waals surface area contributed by atoms with Crippen molar-refractivity contribution in [2.24, 2.45) is 29.1 Å². The van der Waals surface area contributed by atoms with Crippen LogP contribution in [0.3, 0.4) is 0 Å². The van der Waals surface area contributed by atoms with E-state index in [2.05, 4.69) is 0 Å². The number of carbonyl (C=O) groups is 5. The average molecular weight is 555 g/mol. The molecule has 2 aliphatic carbocycles. The van der Waals surface area contributed by atoms with E-state index in [1.54, 1.807) is 20.8 Å². The molecule has 2 spiro atoms. The Kier molecular flexibility index (Phi) is 5.10. The number of rotatable bonds is 2. The molecule has 5 heterocycles. The van der Waals surface area contributed by atoms with Gasteiger partial charge in [0.1, 0.15) is 23.6 Å². The summed E-state index contributed by atoms with van der Waals surface area (Å²) in [6.45, 7) is 8.94. The summed E-state index contributed by atoms with van der Waals surface area (Å²) in [6, 6.07) is 0. The molecule has 5 fully saturated rings. The highest BCUT2D eigenvalue weighted by Crippen LogP contribution is 2.69. The number of Topliss-reactive ketones (excluding diaryl/α,β-unsaturated/α-hetero) is 2. The van der Waals surface area contributed by atoms with E-state index < -0.39 is 82.1 Å². The minimum absolute atomic E-state index is 0.00566. The van der Waals surface area contributed by atoms with Crippen molar-refractivity contribution in [3.63, 3.8) is 0 Å². The van der Waals surface area contributed by atoms with Crippen LogP contribution in [0.15, 0.2) is 22.8 Å². The summed E-state index contributed by atoms with van der Waals surface area (Å²) >= 11 is 0. The van der Waals surface area contributed by atoms with Gasteiger partial charge in [0.25, 0.3) is 0 Å². The number of ether oxygens (including phenoxy) is 5. The highest BCUT2D eigenvalue weighted by atomic mass is 16.7. The number of methoxy groups -OCH3 is 1. The van der Waals surface area contributed by atoms with Crippen LogP contribution in [0.4, 0.5) is 0 Å². The van der Waals surface area contributed by atoms with Gasteiger partial charge in [0, 0.05) is 40.7 Å². The van der Waals surface area contributed by atoms with Gasteiger partial charge in [-0.05, 0) is 45.3 Å². The molecule has 10 nitrogen and oxygen atoms in total. The van der Waals surface area contributed by atoms with Crippen LogP contribution < -0.4 is 0 Å². The van der Waals surface area contributed by atoms with Gasteiger partial charge in [-0.1, -0.05) is 13.8 Å². The van der Waals surface area contributed by atoms with Gasteiger partial charge >= 0.3 is 11.9 Å². The smallest absolute Gasteiger partial charge is 0.311 e. The van der Waals surface area contributed by atoms with Crippen molar-refractivity contribution in [2.75, 3.05) is 7.11 Å². The van der Waals surface area contributed by atoms with Gasteiger partial charge in [0.2, 0.25) is 11.6 Å². The molecule has 214 valence electrons. The Morgan fingerprint density at radius 1 is 1.02 bits per heavy atom. The molecule has 1 saturated carbocycles. The van der Waals surface area contributed by atoms with Crippen LogP contribution in [0.2, 0.25) is 0 Å². The lowest BCUT2D eigenvalue weighted by Crippen LogP contribution is -2.63. The van der Waals surface area contributed by atoms with Crippen molar-refractivity contribution in [2.45, 2.75) is 95.6 Å². The quantitative estimate of drug-likeness (QED) is 0.468. The van der Waals surface area contributed by atoms with E-state index in [9.17, 15) is 24.0 Å². The van der Waals surface area contributed by atoms with Crippen molar-refractivity contribution in [1.82, 2.24) is 0 Å². The molecule has 10 atom stereocenters. The molecule has 0 aromatic rings. The number of hydrogen-bond donors (Lipinski definition) is 0. The first kappa shape index (κ1) is 26.2. The zero-order chi connectivity index (χ0) is 28.7. The topological polar surface area (TPSA) is 132 Å². The van der Waals surface area contributed by atoms with Crippen LogP contribution in [0, 0.1) is 29.1 Å². The molecular formula is C30H34O10. The zero-order valence-corrected chi connectivity index (χ0v) is 23.5. The van der Waals surface area contributed by atoms with E-state index >= 15 is 0 Å². The van der Waals surface area contributed by atoms with Crippen molar-refractivity contribution >= 4 is 29.3 Å². The van der Waals surface area contributed by atoms with Crippen LogP contribution in [0.25, 0.3) is 0 Å². The van der Waals surface area contributed by atoms with E-state index in [1.807, 2.05) is 13.8 Å². The van der Waals surface area contributed by atoms with E-state index in [-0.39, 0.29) is 30.0 Å². The molecule has 0 aromatic carbocycles. The number of esters is 2. The van der Waals surface area contributed by atoms with Gasteiger partial charge in [0.05, 0.1) is 31.2 Å². The Hall–Kier alpha value is -2.69. The molecule has 40 heavy (non-hydrogen) atoms. The first-order chi connectivity index (χ1) is 18.7. The monoisotopic (exact) mass is 554 g/mol. The second-order valence-corrected chi connectivity index (χ2v) is 13.4. The molecule has 5 aliphatic heterocycles. The van der Waals surface area contributed by atoms with Crippen LogP contribution in [0.1, 0.15) is 60.3 Å². The van der Waals surface area contributed by atoms with Crippen molar-refractivity contribution < 1.29 is 47.7 Å². The Balaban J connectivity index is 1.40. The maximum atomic E-state index is 14.6. The van der Waals surface area contributed by atoms with Crippen LogP contribution in [-0.2, 0) is 47.7 Å². The molecule has 0 radical (unpaired) electrons. The zero-order valence-electron chi connectivity index (χ0n) is 23.5. The number of carbonyl (C=O) groups excluding carboxylic acids is 5. The molecule has 0 amide bonds. The lowest BCUT2D eigenvalue weighted by atomic mass is 9.62. The molecule has 0 unspecified atom stereocenters. The molecule has 2 bridgehead atoms. The molecular weight excluding hydrogens is 520 g/mol. The summed E-state index contributed by atoms with van der Waals surface area (Å²) in [7, 11) is 1.29. The second kappa shape index (κ2) is 7.77. The summed E-state index contributed by atoms with van der Waals surface area (Å²) in [5, 5.41) is 0. The average Bonchev–Trinajstić information content (AvgIpc) is 3.39. The van der Waals surface area contributed by atoms with Crippen molar-refractivity contribution in [3.05, 3.63) is 22.8 Å². The maximum absolute atomic E-state index is 14.6. The summed E-state index contributed by atoms with van der Waals surface area (Å²) < 4.78 is 30.4.